The molecule has 0 radical (unpaired) electrons. The molecule has 2 atom stereocenters. The molecular formula is C12H17FN2O4. The molecule has 0 fully saturated rings. The van der Waals surface area contributed by atoms with Crippen molar-refractivity contribution in [2.24, 2.45) is 0 Å². The topological polar surface area (TPSA) is 116 Å². The number of hydrogen-bond acceptors (Lipinski definition) is 5. The summed E-state index contributed by atoms with van der Waals surface area (Å²) >= 11 is 0. The summed E-state index contributed by atoms with van der Waals surface area (Å²) in [6, 6.07) is 1.70. The Hall–Kier alpha value is -1.70. The number of aliphatic hydroxyl groups is 2. The summed E-state index contributed by atoms with van der Waals surface area (Å²) in [5.41, 5.74) is 4.78. The van der Waals surface area contributed by atoms with E-state index in [2.05, 4.69) is 5.32 Å². The van der Waals surface area contributed by atoms with E-state index < -0.39 is 29.6 Å². The van der Waals surface area contributed by atoms with E-state index in [1.165, 1.54) is 0 Å². The van der Waals surface area contributed by atoms with Crippen LogP contribution < -0.4 is 11.1 Å². The fourth-order valence-corrected chi connectivity index (χ4v) is 1.72. The Labute approximate surface area is 109 Å². The van der Waals surface area contributed by atoms with Gasteiger partial charge in [0.25, 0.3) is 0 Å². The van der Waals surface area contributed by atoms with Gasteiger partial charge in [-0.3, -0.25) is 0 Å². The molecule has 1 aromatic rings. The lowest BCUT2D eigenvalue weighted by Gasteiger charge is -2.20. The van der Waals surface area contributed by atoms with Crippen molar-refractivity contribution in [1.29, 1.82) is 0 Å². The van der Waals surface area contributed by atoms with Gasteiger partial charge in [0.1, 0.15) is 11.9 Å². The molecule has 0 heterocycles. The first-order valence-corrected chi connectivity index (χ1v) is 5.71. The van der Waals surface area contributed by atoms with Gasteiger partial charge >= 0.3 is 5.97 Å². The number of nitrogens with two attached hydrogens (primary N) is 1. The van der Waals surface area contributed by atoms with Crippen LogP contribution in [0.4, 0.5) is 10.1 Å². The highest BCUT2D eigenvalue weighted by Gasteiger charge is 2.24. The van der Waals surface area contributed by atoms with Crippen molar-refractivity contribution in [2.45, 2.75) is 18.6 Å². The lowest BCUT2D eigenvalue weighted by atomic mass is 9.97. The SMILES string of the molecule is CNCCC(O)C(O)c1cc(F)cc(C(=O)O)c1N. The summed E-state index contributed by atoms with van der Waals surface area (Å²) in [4.78, 5) is 10.9. The van der Waals surface area contributed by atoms with Gasteiger partial charge in [-0.05, 0) is 32.1 Å². The zero-order chi connectivity index (χ0) is 14.6. The van der Waals surface area contributed by atoms with Gasteiger partial charge in [-0.25, -0.2) is 9.18 Å². The molecule has 1 aromatic carbocycles. The average molecular weight is 272 g/mol. The maximum absolute atomic E-state index is 13.3. The maximum atomic E-state index is 13.3. The third-order valence-electron chi connectivity index (χ3n) is 2.78. The van der Waals surface area contributed by atoms with Gasteiger partial charge < -0.3 is 26.4 Å². The van der Waals surface area contributed by atoms with Crippen molar-refractivity contribution < 1.29 is 24.5 Å². The predicted molar refractivity (Wildman–Crippen MR) is 67.3 cm³/mol. The summed E-state index contributed by atoms with van der Waals surface area (Å²) < 4.78 is 13.3. The van der Waals surface area contributed by atoms with Crippen LogP contribution in [0.2, 0.25) is 0 Å². The zero-order valence-corrected chi connectivity index (χ0v) is 10.4. The fraction of sp³-hybridized carbons (Fsp3) is 0.417. The molecule has 0 aliphatic heterocycles. The first kappa shape index (κ1) is 15.4. The van der Waals surface area contributed by atoms with E-state index in [9.17, 15) is 19.4 Å². The second-order valence-electron chi connectivity index (χ2n) is 4.17. The van der Waals surface area contributed by atoms with E-state index >= 15 is 0 Å². The van der Waals surface area contributed by atoms with Crippen molar-refractivity contribution in [1.82, 2.24) is 5.32 Å². The maximum Gasteiger partial charge on any atom is 0.337 e. The Bertz CT molecular complexity index is 467. The van der Waals surface area contributed by atoms with Crippen LogP contribution in [-0.2, 0) is 0 Å². The minimum absolute atomic E-state index is 0.124. The summed E-state index contributed by atoms with van der Waals surface area (Å²) in [5.74, 6) is -2.23. The Kier molecular flexibility index (Phi) is 5.22. The molecule has 0 amide bonds. The fourth-order valence-electron chi connectivity index (χ4n) is 1.72. The van der Waals surface area contributed by atoms with Crippen LogP contribution in [0.1, 0.15) is 28.4 Å². The molecule has 0 bridgehead atoms. The lowest BCUT2D eigenvalue weighted by molar-refractivity contribution is 0.0142. The minimum Gasteiger partial charge on any atom is -0.478 e. The van der Waals surface area contributed by atoms with E-state index in [4.69, 9.17) is 10.8 Å². The molecule has 7 heteroatoms. The highest BCUT2D eigenvalue weighted by molar-refractivity contribution is 5.94. The lowest BCUT2D eigenvalue weighted by Crippen LogP contribution is -2.24. The number of benzene rings is 1. The molecule has 6 N–H and O–H groups in total. The molecule has 2 unspecified atom stereocenters. The predicted octanol–water partition coefficient (Wildman–Crippen LogP) is 0.110. The average Bonchev–Trinajstić information content (AvgIpc) is 2.37. The standard InChI is InChI=1S/C12H17FN2O4/c1-15-3-2-9(16)11(17)7-4-6(13)5-8(10(7)14)12(18)19/h4-5,9,11,15-17H,2-3,14H2,1H3,(H,18,19). The second kappa shape index (κ2) is 6.46. The van der Waals surface area contributed by atoms with Crippen molar-refractivity contribution in [3.8, 4) is 0 Å². The number of nitrogen functional groups attached to an aromatic ring is 1. The summed E-state index contributed by atoms with van der Waals surface area (Å²) in [5, 5.41) is 31.3. The Morgan fingerprint density at radius 1 is 1.47 bits per heavy atom. The second-order valence-corrected chi connectivity index (χ2v) is 4.17. The molecule has 0 saturated heterocycles. The van der Waals surface area contributed by atoms with Crippen LogP contribution in [-0.4, -0.2) is 41.0 Å². The molecule has 6 nitrogen and oxygen atoms in total. The third kappa shape index (κ3) is 3.63. The highest BCUT2D eigenvalue weighted by Crippen LogP contribution is 2.28. The van der Waals surface area contributed by atoms with Gasteiger partial charge in [0.05, 0.1) is 17.4 Å². The first-order valence-electron chi connectivity index (χ1n) is 5.71. The number of aromatic carboxylic acids is 1. The van der Waals surface area contributed by atoms with Crippen molar-refractivity contribution in [3.05, 3.63) is 29.1 Å². The van der Waals surface area contributed by atoms with Gasteiger partial charge in [-0.2, -0.15) is 0 Å². The number of rotatable bonds is 6. The quantitative estimate of drug-likeness (QED) is 0.469. The molecule has 0 aliphatic carbocycles. The third-order valence-corrected chi connectivity index (χ3v) is 2.78. The van der Waals surface area contributed by atoms with Crippen molar-refractivity contribution >= 4 is 11.7 Å². The van der Waals surface area contributed by atoms with Gasteiger partial charge in [0.2, 0.25) is 0 Å². The number of carboxylic acid groups (broad SMARTS) is 1. The number of carboxylic acids is 1. The zero-order valence-electron chi connectivity index (χ0n) is 10.4. The monoisotopic (exact) mass is 272 g/mol. The van der Waals surface area contributed by atoms with Gasteiger partial charge in [0.15, 0.2) is 0 Å². The summed E-state index contributed by atoms with van der Waals surface area (Å²) in [7, 11) is 1.68. The van der Waals surface area contributed by atoms with Crippen LogP contribution >= 0.6 is 0 Å². The molecule has 0 aliphatic rings. The molecule has 0 spiro atoms. The number of halogens is 1. The molecule has 106 valence electrons. The largest absolute Gasteiger partial charge is 0.478 e. The van der Waals surface area contributed by atoms with Gasteiger partial charge in [0, 0.05) is 5.56 Å². The number of aliphatic hydroxyl groups excluding tert-OH is 2. The highest BCUT2D eigenvalue weighted by atomic mass is 19.1. The number of carbonyl (C=O) groups is 1. The molecule has 19 heavy (non-hydrogen) atoms. The summed E-state index contributed by atoms with van der Waals surface area (Å²) in [6.07, 6.45) is -2.39. The number of nitrogens with one attached hydrogen (secondary N) is 1. The van der Waals surface area contributed by atoms with Crippen LogP contribution in [0.15, 0.2) is 12.1 Å². The van der Waals surface area contributed by atoms with E-state index in [1.54, 1.807) is 7.05 Å². The summed E-state index contributed by atoms with van der Waals surface area (Å²) in [6.45, 7) is 0.444. The van der Waals surface area contributed by atoms with Crippen molar-refractivity contribution in [2.75, 3.05) is 19.3 Å². The molecular weight excluding hydrogens is 255 g/mol. The smallest absolute Gasteiger partial charge is 0.337 e. The van der Waals surface area contributed by atoms with Crippen LogP contribution in [0.3, 0.4) is 0 Å². The number of hydrogen-bond donors (Lipinski definition) is 5. The van der Waals surface area contributed by atoms with Crippen LogP contribution in [0.5, 0.6) is 0 Å². The Balaban J connectivity index is 3.08. The van der Waals surface area contributed by atoms with Gasteiger partial charge in [-0.15, -0.1) is 0 Å². The molecule has 0 saturated carbocycles. The Morgan fingerprint density at radius 2 is 2.11 bits per heavy atom. The number of anilines is 1. The Morgan fingerprint density at radius 3 is 2.63 bits per heavy atom. The van der Waals surface area contributed by atoms with E-state index in [-0.39, 0.29) is 17.7 Å². The van der Waals surface area contributed by atoms with E-state index in [1.807, 2.05) is 0 Å². The minimum atomic E-state index is -1.44. The molecule has 1 rings (SSSR count). The van der Waals surface area contributed by atoms with Crippen LogP contribution in [0.25, 0.3) is 0 Å². The van der Waals surface area contributed by atoms with E-state index in [0.29, 0.717) is 6.54 Å². The molecule has 0 aromatic heterocycles. The normalized spacial score (nSPS) is 14.1. The van der Waals surface area contributed by atoms with Crippen LogP contribution in [0, 0.1) is 5.82 Å². The van der Waals surface area contributed by atoms with E-state index in [0.717, 1.165) is 12.1 Å². The van der Waals surface area contributed by atoms with Gasteiger partial charge in [-0.1, -0.05) is 0 Å². The van der Waals surface area contributed by atoms with Crippen molar-refractivity contribution in [3.63, 3.8) is 0 Å². The first-order chi connectivity index (χ1) is 8.88.